The number of phenols is 1. The SMILES string of the molecule is CC(Cl)C(=O)Nc1ccc(O)c(F)c1. The van der Waals surface area contributed by atoms with Gasteiger partial charge in [-0.05, 0) is 19.1 Å². The van der Waals surface area contributed by atoms with Crippen molar-refractivity contribution in [3.63, 3.8) is 0 Å². The van der Waals surface area contributed by atoms with Gasteiger partial charge in [-0.25, -0.2) is 4.39 Å². The molecule has 1 atom stereocenters. The predicted molar refractivity (Wildman–Crippen MR) is 52.0 cm³/mol. The van der Waals surface area contributed by atoms with E-state index in [2.05, 4.69) is 5.32 Å². The van der Waals surface area contributed by atoms with Crippen LogP contribution < -0.4 is 5.32 Å². The largest absolute Gasteiger partial charge is 0.505 e. The molecule has 0 saturated carbocycles. The normalized spacial score (nSPS) is 12.2. The summed E-state index contributed by atoms with van der Waals surface area (Å²) in [6.07, 6.45) is 0. The molecule has 1 aromatic rings. The summed E-state index contributed by atoms with van der Waals surface area (Å²) in [6.45, 7) is 1.51. The van der Waals surface area contributed by atoms with Crippen LogP contribution in [0.2, 0.25) is 0 Å². The third kappa shape index (κ3) is 2.60. The minimum atomic E-state index is -0.787. The number of carbonyl (C=O) groups excluding carboxylic acids is 1. The lowest BCUT2D eigenvalue weighted by Gasteiger charge is -2.06. The Morgan fingerprint density at radius 2 is 2.29 bits per heavy atom. The maximum Gasteiger partial charge on any atom is 0.242 e. The van der Waals surface area contributed by atoms with E-state index in [1.165, 1.54) is 13.0 Å². The molecule has 0 aromatic heterocycles. The Kier molecular flexibility index (Phi) is 3.30. The van der Waals surface area contributed by atoms with Crippen molar-refractivity contribution in [1.82, 2.24) is 0 Å². The van der Waals surface area contributed by atoms with E-state index in [-0.39, 0.29) is 5.69 Å². The fourth-order valence-corrected chi connectivity index (χ4v) is 0.881. The van der Waals surface area contributed by atoms with Gasteiger partial charge < -0.3 is 10.4 Å². The summed E-state index contributed by atoms with van der Waals surface area (Å²) in [6, 6.07) is 3.56. The molecule has 0 saturated heterocycles. The second-order valence-electron chi connectivity index (χ2n) is 2.77. The number of halogens is 2. The van der Waals surface area contributed by atoms with E-state index >= 15 is 0 Å². The van der Waals surface area contributed by atoms with Gasteiger partial charge in [-0.1, -0.05) is 0 Å². The smallest absolute Gasteiger partial charge is 0.242 e. The van der Waals surface area contributed by atoms with Crippen LogP contribution in [0.3, 0.4) is 0 Å². The van der Waals surface area contributed by atoms with E-state index < -0.39 is 22.9 Å². The van der Waals surface area contributed by atoms with Gasteiger partial charge in [-0.2, -0.15) is 0 Å². The van der Waals surface area contributed by atoms with Crippen molar-refractivity contribution in [2.75, 3.05) is 5.32 Å². The van der Waals surface area contributed by atoms with Crippen LogP contribution in [0.25, 0.3) is 0 Å². The number of hydrogen-bond donors (Lipinski definition) is 2. The molecular formula is C9H9ClFNO2. The van der Waals surface area contributed by atoms with Gasteiger partial charge in [0.05, 0.1) is 0 Å². The van der Waals surface area contributed by atoms with Crippen LogP contribution in [0.4, 0.5) is 10.1 Å². The number of nitrogens with one attached hydrogen (secondary N) is 1. The molecule has 1 rings (SSSR count). The highest BCUT2D eigenvalue weighted by molar-refractivity contribution is 6.32. The monoisotopic (exact) mass is 217 g/mol. The number of phenolic OH excluding ortho intramolecular Hbond substituents is 1. The van der Waals surface area contributed by atoms with Crippen molar-refractivity contribution in [1.29, 1.82) is 0 Å². The summed E-state index contributed by atoms with van der Waals surface area (Å²) < 4.78 is 12.8. The minimum Gasteiger partial charge on any atom is -0.505 e. The first-order valence-corrected chi connectivity index (χ1v) is 4.38. The molecule has 0 aliphatic rings. The molecule has 14 heavy (non-hydrogen) atoms. The molecule has 0 radical (unpaired) electrons. The van der Waals surface area contributed by atoms with Gasteiger partial charge in [-0.15, -0.1) is 11.6 Å². The fraction of sp³-hybridized carbons (Fsp3) is 0.222. The summed E-state index contributed by atoms with van der Waals surface area (Å²) in [5.41, 5.74) is 0.262. The van der Waals surface area contributed by atoms with E-state index in [0.29, 0.717) is 0 Å². The van der Waals surface area contributed by atoms with Crippen molar-refractivity contribution < 1.29 is 14.3 Å². The molecule has 1 amide bonds. The highest BCUT2D eigenvalue weighted by Gasteiger charge is 2.10. The minimum absolute atomic E-state index is 0.262. The Hall–Kier alpha value is -1.29. The van der Waals surface area contributed by atoms with E-state index in [4.69, 9.17) is 16.7 Å². The van der Waals surface area contributed by atoms with Crippen LogP contribution in [0, 0.1) is 5.82 Å². The molecule has 1 aromatic carbocycles. The van der Waals surface area contributed by atoms with E-state index in [9.17, 15) is 9.18 Å². The third-order valence-electron chi connectivity index (χ3n) is 1.58. The quantitative estimate of drug-likeness (QED) is 0.589. The molecule has 0 aliphatic heterocycles. The number of hydrogen-bond acceptors (Lipinski definition) is 2. The first-order valence-electron chi connectivity index (χ1n) is 3.94. The Bertz CT molecular complexity index is 355. The molecule has 5 heteroatoms. The molecule has 0 heterocycles. The summed E-state index contributed by atoms with van der Waals surface area (Å²) >= 11 is 5.49. The number of benzene rings is 1. The van der Waals surface area contributed by atoms with Crippen LogP contribution >= 0.6 is 11.6 Å². The number of aromatic hydroxyl groups is 1. The van der Waals surface area contributed by atoms with Gasteiger partial charge in [0.1, 0.15) is 5.38 Å². The van der Waals surface area contributed by atoms with Gasteiger partial charge in [0, 0.05) is 11.8 Å². The van der Waals surface area contributed by atoms with Gasteiger partial charge in [0.2, 0.25) is 5.91 Å². The van der Waals surface area contributed by atoms with Gasteiger partial charge in [-0.3, -0.25) is 4.79 Å². The molecule has 0 fully saturated rings. The summed E-state index contributed by atoms with van der Waals surface area (Å²) in [5.74, 6) is -1.66. The van der Waals surface area contributed by atoms with Crippen molar-refractivity contribution in [2.24, 2.45) is 0 Å². The van der Waals surface area contributed by atoms with Crippen molar-refractivity contribution in [3.05, 3.63) is 24.0 Å². The van der Waals surface area contributed by atoms with E-state index in [1.54, 1.807) is 0 Å². The molecule has 76 valence electrons. The average molecular weight is 218 g/mol. The second kappa shape index (κ2) is 4.28. The van der Waals surface area contributed by atoms with Gasteiger partial charge >= 0.3 is 0 Å². The average Bonchev–Trinajstić information content (AvgIpc) is 2.11. The van der Waals surface area contributed by atoms with Crippen LogP contribution in [0.5, 0.6) is 5.75 Å². The Morgan fingerprint density at radius 1 is 1.64 bits per heavy atom. The maximum absolute atomic E-state index is 12.8. The van der Waals surface area contributed by atoms with Gasteiger partial charge in [0.15, 0.2) is 11.6 Å². The lowest BCUT2D eigenvalue weighted by molar-refractivity contribution is -0.115. The maximum atomic E-state index is 12.8. The Morgan fingerprint density at radius 3 is 2.79 bits per heavy atom. The lowest BCUT2D eigenvalue weighted by atomic mass is 10.3. The van der Waals surface area contributed by atoms with E-state index in [1.807, 2.05) is 0 Å². The summed E-state index contributed by atoms with van der Waals surface area (Å²) in [7, 11) is 0. The van der Waals surface area contributed by atoms with Crippen LogP contribution in [-0.4, -0.2) is 16.4 Å². The van der Waals surface area contributed by atoms with Crippen molar-refractivity contribution in [3.8, 4) is 5.75 Å². The molecule has 0 aliphatic carbocycles. The topological polar surface area (TPSA) is 49.3 Å². The van der Waals surface area contributed by atoms with Crippen molar-refractivity contribution >= 4 is 23.2 Å². The second-order valence-corrected chi connectivity index (χ2v) is 3.43. The number of amides is 1. The van der Waals surface area contributed by atoms with Crippen LogP contribution in [-0.2, 0) is 4.79 Å². The molecule has 2 N–H and O–H groups in total. The molecule has 0 spiro atoms. The fourth-order valence-electron chi connectivity index (χ4n) is 0.826. The summed E-state index contributed by atoms with van der Waals surface area (Å²) in [4.78, 5) is 11.1. The van der Waals surface area contributed by atoms with Crippen LogP contribution in [0.1, 0.15) is 6.92 Å². The van der Waals surface area contributed by atoms with E-state index in [0.717, 1.165) is 12.1 Å². The molecule has 0 bridgehead atoms. The zero-order valence-corrected chi connectivity index (χ0v) is 8.18. The highest BCUT2D eigenvalue weighted by atomic mass is 35.5. The zero-order chi connectivity index (χ0) is 10.7. The number of alkyl halides is 1. The molecule has 3 nitrogen and oxygen atoms in total. The highest BCUT2D eigenvalue weighted by Crippen LogP contribution is 2.19. The predicted octanol–water partition coefficient (Wildman–Crippen LogP) is 2.10. The third-order valence-corrected chi connectivity index (χ3v) is 1.77. The van der Waals surface area contributed by atoms with Gasteiger partial charge in [0.25, 0.3) is 0 Å². The molecular weight excluding hydrogens is 209 g/mol. The number of anilines is 1. The molecule has 1 unspecified atom stereocenters. The van der Waals surface area contributed by atoms with Crippen LogP contribution in [0.15, 0.2) is 18.2 Å². The number of carbonyl (C=O) groups is 1. The Labute approximate surface area is 85.5 Å². The Balaban J connectivity index is 2.78. The first kappa shape index (κ1) is 10.8. The van der Waals surface area contributed by atoms with Crippen molar-refractivity contribution in [2.45, 2.75) is 12.3 Å². The standard InChI is InChI=1S/C9H9ClFNO2/c1-5(10)9(14)12-6-2-3-8(13)7(11)4-6/h2-5,13H,1H3,(H,12,14). The first-order chi connectivity index (χ1) is 6.50. The zero-order valence-electron chi connectivity index (χ0n) is 7.42. The summed E-state index contributed by atoms with van der Waals surface area (Å²) in [5, 5.41) is 10.6. The lowest BCUT2D eigenvalue weighted by Crippen LogP contribution is -2.20. The number of rotatable bonds is 2.